The lowest BCUT2D eigenvalue weighted by Gasteiger charge is -1.99. The second kappa shape index (κ2) is 11.2. The van der Waals surface area contributed by atoms with Crippen molar-refractivity contribution in [3.05, 3.63) is 24.3 Å². The zero-order valence-electron chi connectivity index (χ0n) is 9.94. The Kier molecular flexibility index (Phi) is 11.9. The largest absolute Gasteiger partial charge is 0.481 e. The Morgan fingerprint density at radius 3 is 2.18 bits per heavy atom. The van der Waals surface area contributed by atoms with E-state index in [0.29, 0.717) is 18.8 Å². The van der Waals surface area contributed by atoms with Crippen LogP contribution in [0.1, 0.15) is 13.8 Å². The maximum absolute atomic E-state index is 10.7. The molecule has 98 valence electrons. The van der Waals surface area contributed by atoms with E-state index in [0.717, 1.165) is 6.92 Å². The summed E-state index contributed by atoms with van der Waals surface area (Å²) >= 11 is 4.76. The van der Waals surface area contributed by atoms with Crippen LogP contribution < -0.4 is 0 Å². The number of epoxide rings is 1. The van der Waals surface area contributed by atoms with Crippen LogP contribution in [0.5, 0.6) is 0 Å². The molecule has 0 aromatic rings. The third-order valence-electron chi connectivity index (χ3n) is 1.15. The topological polar surface area (TPSA) is 76.1 Å². The number of esters is 1. The molecule has 1 rings (SSSR count). The highest BCUT2D eigenvalue weighted by Crippen LogP contribution is 2.09. The Labute approximate surface area is 106 Å². The first-order valence-corrected chi connectivity index (χ1v) is 5.13. The number of aliphatic carboxylic acids is 1. The van der Waals surface area contributed by atoms with Gasteiger partial charge in [0.25, 0.3) is 5.97 Å². The minimum Gasteiger partial charge on any atom is -0.481 e. The van der Waals surface area contributed by atoms with Crippen molar-refractivity contribution in [2.24, 2.45) is 0 Å². The molecule has 1 unspecified atom stereocenters. The van der Waals surface area contributed by atoms with Gasteiger partial charge in [0.15, 0.2) is 0 Å². The van der Waals surface area contributed by atoms with Gasteiger partial charge >= 0.3 is 5.97 Å². The van der Waals surface area contributed by atoms with Crippen LogP contribution in [0.4, 0.5) is 0 Å². The molecule has 1 atom stereocenters. The van der Waals surface area contributed by atoms with Crippen molar-refractivity contribution in [2.45, 2.75) is 20.0 Å². The minimum atomic E-state index is -0.833. The number of hydrogen-bond donors (Lipinski definition) is 1. The highest BCUT2D eigenvalue weighted by molar-refractivity contribution is 6.25. The summed E-state index contributed by atoms with van der Waals surface area (Å²) in [5, 5.41) is 7.42. The van der Waals surface area contributed by atoms with Crippen LogP contribution in [0.15, 0.2) is 24.3 Å². The molecule has 0 saturated carbocycles. The molecule has 1 heterocycles. The summed E-state index contributed by atoms with van der Waals surface area (Å²) in [6.45, 7) is 10.3. The van der Waals surface area contributed by atoms with E-state index in [4.69, 9.17) is 31.0 Å². The van der Waals surface area contributed by atoms with E-state index in [-0.39, 0.29) is 12.1 Å². The van der Waals surface area contributed by atoms with Gasteiger partial charge in [-0.1, -0.05) is 24.8 Å². The lowest BCUT2D eigenvalue weighted by Crippen LogP contribution is -2.09. The van der Waals surface area contributed by atoms with Crippen LogP contribution in [-0.4, -0.2) is 36.4 Å². The zero-order chi connectivity index (χ0) is 13.8. The first-order chi connectivity index (χ1) is 7.84. The summed E-state index contributed by atoms with van der Waals surface area (Å²) in [6.07, 6.45) is 0.142. The Bertz CT molecular complexity index is 267. The average molecular weight is 265 g/mol. The van der Waals surface area contributed by atoms with Crippen LogP contribution in [0.25, 0.3) is 0 Å². The maximum Gasteiger partial charge on any atom is 0.333 e. The van der Waals surface area contributed by atoms with Crippen LogP contribution in [0, 0.1) is 0 Å². The van der Waals surface area contributed by atoms with Crippen LogP contribution in [0.2, 0.25) is 0 Å². The summed E-state index contributed by atoms with van der Waals surface area (Å²) in [4.78, 5) is 19.7. The average Bonchev–Trinajstić information content (AvgIpc) is 2.97. The number of hydrogen-bond acceptors (Lipinski definition) is 4. The Morgan fingerprint density at radius 1 is 1.59 bits per heavy atom. The lowest BCUT2D eigenvalue weighted by atomic mass is 10.4. The van der Waals surface area contributed by atoms with Gasteiger partial charge in [0.2, 0.25) is 0 Å². The Balaban J connectivity index is 0. The standard InChI is InChI=1S/C7H10O3.C2H3Cl.C2H4O2/c1-5(2)7(8)10-4-6-3-9-6;1-2-3;1-2(3)4/h6H,1,3-4H2,2H3;2H,1H2;1H3,(H,3,4). The summed E-state index contributed by atoms with van der Waals surface area (Å²) < 4.78 is 9.60. The Hall–Kier alpha value is -1.33. The predicted molar refractivity (Wildman–Crippen MR) is 64.9 cm³/mol. The van der Waals surface area contributed by atoms with Crippen molar-refractivity contribution >= 4 is 23.5 Å². The molecule has 6 heteroatoms. The molecule has 1 aliphatic heterocycles. The molecular weight excluding hydrogens is 248 g/mol. The van der Waals surface area contributed by atoms with Crippen LogP contribution in [0.3, 0.4) is 0 Å². The number of carbonyl (C=O) groups excluding carboxylic acids is 1. The molecule has 0 radical (unpaired) electrons. The number of carbonyl (C=O) groups is 2. The van der Waals surface area contributed by atoms with Gasteiger partial charge in [-0.15, -0.1) is 0 Å². The number of carboxylic acid groups (broad SMARTS) is 1. The quantitative estimate of drug-likeness (QED) is 0.479. The van der Waals surface area contributed by atoms with Gasteiger partial charge in [-0.05, 0) is 12.5 Å². The fourth-order valence-electron chi connectivity index (χ4n) is 0.456. The molecular formula is C11H17ClO5. The molecule has 1 N–H and O–H groups in total. The molecule has 17 heavy (non-hydrogen) atoms. The fraction of sp³-hybridized carbons (Fsp3) is 0.455. The van der Waals surface area contributed by atoms with Gasteiger partial charge < -0.3 is 14.6 Å². The predicted octanol–water partition coefficient (Wildman–Crippen LogP) is 1.96. The van der Waals surface area contributed by atoms with Crippen molar-refractivity contribution in [1.29, 1.82) is 0 Å². The molecule has 1 saturated heterocycles. The number of rotatable bonds is 3. The second-order valence-electron chi connectivity index (χ2n) is 3.01. The summed E-state index contributed by atoms with van der Waals surface area (Å²) in [7, 11) is 0. The molecule has 1 aliphatic rings. The van der Waals surface area contributed by atoms with Gasteiger partial charge in [0, 0.05) is 12.5 Å². The van der Waals surface area contributed by atoms with Crippen LogP contribution >= 0.6 is 11.6 Å². The van der Waals surface area contributed by atoms with Crippen molar-refractivity contribution in [3.63, 3.8) is 0 Å². The second-order valence-corrected chi connectivity index (χ2v) is 3.32. The van der Waals surface area contributed by atoms with Gasteiger partial charge in [0.1, 0.15) is 12.7 Å². The molecule has 0 aliphatic carbocycles. The molecule has 0 spiro atoms. The van der Waals surface area contributed by atoms with Crippen molar-refractivity contribution in [1.82, 2.24) is 0 Å². The summed E-state index contributed by atoms with van der Waals surface area (Å²) in [6, 6.07) is 0. The number of carboxylic acids is 1. The SMILES string of the molecule is C=C(C)C(=O)OCC1CO1.C=CCl.CC(=O)O. The molecule has 0 bridgehead atoms. The van der Waals surface area contributed by atoms with E-state index < -0.39 is 5.97 Å². The molecule has 0 amide bonds. The van der Waals surface area contributed by atoms with E-state index in [1.807, 2.05) is 0 Å². The van der Waals surface area contributed by atoms with Crippen molar-refractivity contribution in [3.8, 4) is 0 Å². The van der Waals surface area contributed by atoms with E-state index in [9.17, 15) is 4.79 Å². The zero-order valence-corrected chi connectivity index (χ0v) is 10.7. The first-order valence-electron chi connectivity index (χ1n) is 4.70. The molecule has 0 aromatic heterocycles. The van der Waals surface area contributed by atoms with E-state index >= 15 is 0 Å². The van der Waals surface area contributed by atoms with E-state index in [1.165, 1.54) is 5.54 Å². The van der Waals surface area contributed by atoms with Gasteiger partial charge in [-0.25, -0.2) is 4.79 Å². The van der Waals surface area contributed by atoms with Gasteiger partial charge in [-0.2, -0.15) is 0 Å². The third kappa shape index (κ3) is 20.7. The van der Waals surface area contributed by atoms with E-state index in [2.05, 4.69) is 13.2 Å². The fourth-order valence-corrected chi connectivity index (χ4v) is 0.456. The van der Waals surface area contributed by atoms with Gasteiger partial charge in [-0.3, -0.25) is 4.79 Å². The molecule has 5 nitrogen and oxygen atoms in total. The van der Waals surface area contributed by atoms with Crippen molar-refractivity contribution in [2.75, 3.05) is 13.2 Å². The highest BCUT2D eigenvalue weighted by atomic mass is 35.5. The normalized spacial score (nSPS) is 15.1. The van der Waals surface area contributed by atoms with Crippen molar-refractivity contribution < 1.29 is 24.2 Å². The van der Waals surface area contributed by atoms with Crippen LogP contribution in [-0.2, 0) is 19.1 Å². The third-order valence-corrected chi connectivity index (χ3v) is 1.15. The summed E-state index contributed by atoms with van der Waals surface area (Å²) in [5.74, 6) is -1.17. The monoisotopic (exact) mass is 264 g/mol. The van der Waals surface area contributed by atoms with Gasteiger partial charge in [0.05, 0.1) is 6.61 Å². The smallest absolute Gasteiger partial charge is 0.333 e. The van der Waals surface area contributed by atoms with E-state index in [1.54, 1.807) is 6.92 Å². The molecule has 0 aromatic carbocycles. The summed E-state index contributed by atoms with van der Waals surface area (Å²) in [5.41, 5.74) is 1.65. The lowest BCUT2D eigenvalue weighted by molar-refractivity contribution is -0.139. The number of ether oxygens (including phenoxy) is 2. The minimum absolute atomic E-state index is 0.142. The first kappa shape index (κ1) is 18.0. The molecule has 1 fully saturated rings. The number of halogens is 1. The highest BCUT2D eigenvalue weighted by Gasteiger charge is 2.24. The maximum atomic E-state index is 10.7. The Morgan fingerprint density at radius 2 is 1.94 bits per heavy atom.